The molecule has 180 valence electrons. The van der Waals surface area contributed by atoms with E-state index in [0.29, 0.717) is 18.7 Å². The summed E-state index contributed by atoms with van der Waals surface area (Å²) >= 11 is 1.43. The maximum atomic E-state index is 13.5. The fourth-order valence-corrected chi connectivity index (χ4v) is 5.96. The zero-order valence-corrected chi connectivity index (χ0v) is 20.4. The minimum atomic E-state index is -0.358. The second kappa shape index (κ2) is 9.84. The van der Waals surface area contributed by atoms with Crippen LogP contribution in [-0.2, 0) is 11.3 Å². The van der Waals surface area contributed by atoms with Gasteiger partial charge < -0.3 is 9.64 Å². The van der Waals surface area contributed by atoms with E-state index in [-0.39, 0.29) is 30.1 Å². The van der Waals surface area contributed by atoms with E-state index in [2.05, 4.69) is 44.0 Å². The number of likely N-dealkylation sites (tertiary alicyclic amines) is 1. The van der Waals surface area contributed by atoms with Crippen molar-refractivity contribution in [3.05, 3.63) is 54.0 Å². The molecule has 0 N–H and O–H groups in total. The number of benzene rings is 1. The van der Waals surface area contributed by atoms with Crippen LogP contribution in [0.5, 0.6) is 0 Å². The first-order valence-corrected chi connectivity index (χ1v) is 12.7. The topological polar surface area (TPSA) is 61.8 Å². The number of carbonyl (C=O) groups excluding carboxylic acids is 1. The van der Waals surface area contributed by atoms with Crippen molar-refractivity contribution in [2.24, 2.45) is 0 Å². The Hall–Kier alpha value is -2.78. The van der Waals surface area contributed by atoms with Crippen LogP contribution in [0.3, 0.4) is 0 Å². The smallest absolute Gasteiger partial charge is 0.410 e. The van der Waals surface area contributed by atoms with Crippen molar-refractivity contribution >= 4 is 32.9 Å². The Bertz CT molecular complexity index is 1120. The van der Waals surface area contributed by atoms with Crippen LogP contribution in [0.4, 0.5) is 14.3 Å². The highest BCUT2D eigenvalue weighted by atomic mass is 32.1. The predicted octanol–water partition coefficient (Wildman–Crippen LogP) is 4.53. The van der Waals surface area contributed by atoms with Gasteiger partial charge in [0.25, 0.3) is 0 Å². The lowest BCUT2D eigenvalue weighted by Crippen LogP contribution is -2.59. The van der Waals surface area contributed by atoms with E-state index >= 15 is 0 Å². The van der Waals surface area contributed by atoms with Gasteiger partial charge in [-0.1, -0.05) is 41.7 Å². The van der Waals surface area contributed by atoms with E-state index < -0.39 is 0 Å². The van der Waals surface area contributed by atoms with Crippen LogP contribution in [0.25, 0.3) is 10.3 Å². The van der Waals surface area contributed by atoms with Crippen LogP contribution in [0.15, 0.2) is 42.6 Å². The lowest BCUT2D eigenvalue weighted by molar-refractivity contribution is 0.0101. The summed E-state index contributed by atoms with van der Waals surface area (Å²) in [6.45, 7) is 8.17. The molecule has 0 spiro atoms. The summed E-state index contributed by atoms with van der Waals surface area (Å²) in [6.07, 6.45) is 2.64. The van der Waals surface area contributed by atoms with E-state index in [0.717, 1.165) is 42.3 Å². The molecule has 5 rings (SSSR count). The van der Waals surface area contributed by atoms with Crippen molar-refractivity contribution in [2.45, 2.75) is 51.4 Å². The summed E-state index contributed by atoms with van der Waals surface area (Å²) in [5.41, 5.74) is 1.87. The average molecular weight is 484 g/mol. The van der Waals surface area contributed by atoms with E-state index in [1.54, 1.807) is 0 Å². The van der Waals surface area contributed by atoms with Crippen LogP contribution in [0.2, 0.25) is 0 Å². The quantitative estimate of drug-likeness (QED) is 0.543. The molecule has 0 unspecified atom stereocenters. The highest BCUT2D eigenvalue weighted by Gasteiger charge is 2.36. The van der Waals surface area contributed by atoms with Gasteiger partial charge in [-0.05, 0) is 38.3 Å². The van der Waals surface area contributed by atoms with Crippen molar-refractivity contribution in [1.82, 2.24) is 19.8 Å². The third kappa shape index (κ3) is 5.00. The van der Waals surface area contributed by atoms with E-state index in [1.807, 2.05) is 24.8 Å². The molecule has 7 nitrogen and oxygen atoms in total. The number of amides is 1. The number of hydrogen-bond acceptors (Lipinski definition) is 7. The summed E-state index contributed by atoms with van der Waals surface area (Å²) in [4.78, 5) is 28.2. The molecular formula is C25H30FN5O2S. The highest BCUT2D eigenvalue weighted by molar-refractivity contribution is 7.22. The van der Waals surface area contributed by atoms with Gasteiger partial charge >= 0.3 is 6.09 Å². The normalized spacial score (nSPS) is 22.3. The van der Waals surface area contributed by atoms with E-state index in [4.69, 9.17) is 4.74 Å². The second-order valence-corrected chi connectivity index (χ2v) is 10.3. The number of fused-ring (bicyclic) bond motifs is 1. The van der Waals surface area contributed by atoms with Crippen molar-refractivity contribution in [3.8, 4) is 0 Å². The molecule has 0 aliphatic carbocycles. The molecule has 9 heteroatoms. The van der Waals surface area contributed by atoms with Gasteiger partial charge in [0.1, 0.15) is 11.9 Å². The number of piperidine rings is 1. The number of anilines is 1. The zero-order valence-electron chi connectivity index (χ0n) is 19.6. The molecule has 0 bridgehead atoms. The zero-order chi connectivity index (χ0) is 23.7. The van der Waals surface area contributed by atoms with Crippen molar-refractivity contribution in [1.29, 1.82) is 0 Å². The Morgan fingerprint density at radius 3 is 2.56 bits per heavy atom. The summed E-state index contributed by atoms with van der Waals surface area (Å²) < 4.78 is 20.2. The van der Waals surface area contributed by atoms with Gasteiger partial charge in [0.2, 0.25) is 0 Å². The Morgan fingerprint density at radius 2 is 1.85 bits per heavy atom. The van der Waals surface area contributed by atoms with Gasteiger partial charge in [0, 0.05) is 32.7 Å². The van der Waals surface area contributed by atoms with Gasteiger partial charge in [0.05, 0.1) is 23.0 Å². The standard InChI is InChI=1S/C25H30FN5O2S/c1-17-14-30(24-28-23-22(34-24)12-20(26)13-27-23)15-18(2)31(17)25(32)33-21-8-10-29(11-9-21)16-19-6-4-3-5-7-19/h3-7,12-13,17-18,21H,8-11,14-16H2,1-2H3/t17-,18+. The maximum absolute atomic E-state index is 13.5. The lowest BCUT2D eigenvalue weighted by Gasteiger charge is -2.44. The number of nitrogens with zero attached hydrogens (tertiary/aromatic N) is 5. The number of pyridine rings is 1. The summed E-state index contributed by atoms with van der Waals surface area (Å²) in [6, 6.07) is 11.9. The van der Waals surface area contributed by atoms with Gasteiger partial charge in [-0.3, -0.25) is 9.80 Å². The molecule has 34 heavy (non-hydrogen) atoms. The monoisotopic (exact) mass is 483 g/mol. The Balaban J connectivity index is 1.15. The number of thiazole rings is 1. The molecule has 2 atom stereocenters. The molecule has 4 heterocycles. The Morgan fingerprint density at radius 1 is 1.15 bits per heavy atom. The highest BCUT2D eigenvalue weighted by Crippen LogP contribution is 2.31. The molecule has 2 aromatic heterocycles. The van der Waals surface area contributed by atoms with Gasteiger partial charge in [-0.2, -0.15) is 4.98 Å². The molecule has 2 aliphatic rings. The number of piperazine rings is 1. The minimum absolute atomic E-state index is 0.0221. The number of hydrogen-bond donors (Lipinski definition) is 0. The Kier molecular flexibility index (Phi) is 6.65. The SMILES string of the molecule is C[C@@H]1CN(c2nc3ncc(F)cc3s2)C[C@H](C)N1C(=O)OC1CCN(Cc2ccccc2)CC1. The molecule has 0 radical (unpaired) electrons. The van der Waals surface area contributed by atoms with Crippen LogP contribution in [0.1, 0.15) is 32.3 Å². The molecule has 2 fully saturated rings. The second-order valence-electron chi connectivity index (χ2n) is 9.33. The molecule has 0 saturated carbocycles. The van der Waals surface area contributed by atoms with Gasteiger partial charge in [0.15, 0.2) is 10.8 Å². The van der Waals surface area contributed by atoms with Crippen molar-refractivity contribution < 1.29 is 13.9 Å². The lowest BCUT2D eigenvalue weighted by atomic mass is 10.1. The van der Waals surface area contributed by atoms with Gasteiger partial charge in [-0.15, -0.1) is 0 Å². The van der Waals surface area contributed by atoms with Crippen LogP contribution in [0, 0.1) is 5.82 Å². The predicted molar refractivity (Wildman–Crippen MR) is 132 cm³/mol. The van der Waals surface area contributed by atoms with Crippen LogP contribution >= 0.6 is 11.3 Å². The van der Waals surface area contributed by atoms with Crippen LogP contribution in [-0.4, -0.2) is 70.2 Å². The third-order valence-electron chi connectivity index (χ3n) is 6.65. The minimum Gasteiger partial charge on any atom is -0.446 e. The summed E-state index contributed by atoms with van der Waals surface area (Å²) in [7, 11) is 0. The number of rotatable bonds is 4. The largest absolute Gasteiger partial charge is 0.446 e. The van der Waals surface area contributed by atoms with Crippen molar-refractivity contribution in [3.63, 3.8) is 0 Å². The van der Waals surface area contributed by atoms with Crippen molar-refractivity contribution in [2.75, 3.05) is 31.1 Å². The van der Waals surface area contributed by atoms with E-state index in [1.165, 1.54) is 29.2 Å². The number of ether oxygens (including phenoxy) is 1. The van der Waals surface area contributed by atoms with Crippen LogP contribution < -0.4 is 4.90 Å². The molecule has 3 aromatic rings. The summed E-state index contributed by atoms with van der Waals surface area (Å²) in [5, 5.41) is 0.811. The van der Waals surface area contributed by atoms with E-state index in [9.17, 15) is 9.18 Å². The Labute approximate surface area is 203 Å². The molecule has 1 aromatic carbocycles. The maximum Gasteiger partial charge on any atom is 0.410 e. The average Bonchev–Trinajstić information content (AvgIpc) is 3.24. The first-order valence-electron chi connectivity index (χ1n) is 11.9. The molecule has 2 aliphatic heterocycles. The van der Waals surface area contributed by atoms with Gasteiger partial charge in [-0.25, -0.2) is 14.2 Å². The fraction of sp³-hybridized carbons (Fsp3) is 0.480. The first kappa shape index (κ1) is 23.0. The summed E-state index contributed by atoms with van der Waals surface area (Å²) in [5.74, 6) is -0.358. The molecule has 1 amide bonds. The number of carbonyl (C=O) groups is 1. The fourth-order valence-electron chi connectivity index (χ4n) is 4.99. The molecule has 2 saturated heterocycles. The third-order valence-corrected chi connectivity index (χ3v) is 7.71. The number of aromatic nitrogens is 2. The first-order chi connectivity index (χ1) is 16.5. The number of halogens is 1. The molecular weight excluding hydrogens is 453 g/mol.